The zero-order valence-electron chi connectivity index (χ0n) is 16.0. The molecule has 0 atom stereocenters. The Kier molecular flexibility index (Phi) is 7.88. The number of hydrogen-bond acceptors (Lipinski definition) is 1. The minimum atomic E-state index is 0.291. The Morgan fingerprint density at radius 1 is 0.909 bits per heavy atom. The highest BCUT2D eigenvalue weighted by molar-refractivity contribution is 9.09. The minimum Gasteiger partial charge on any atom is -0.328 e. The van der Waals surface area contributed by atoms with Gasteiger partial charge in [0.15, 0.2) is 0 Å². The summed E-state index contributed by atoms with van der Waals surface area (Å²) in [4.78, 5) is 0. The summed E-state index contributed by atoms with van der Waals surface area (Å²) in [7, 11) is 4.84. The maximum Gasteiger partial charge on any atom is 0.0785 e. The Bertz CT molecular complexity index is 307. The fourth-order valence-electron chi connectivity index (χ4n) is 4.37. The number of quaternary nitrogens is 1. The van der Waals surface area contributed by atoms with Gasteiger partial charge < -0.3 is 9.80 Å². The van der Waals surface area contributed by atoms with E-state index in [0.717, 1.165) is 11.2 Å². The van der Waals surface area contributed by atoms with Gasteiger partial charge in [0.25, 0.3) is 0 Å². The summed E-state index contributed by atoms with van der Waals surface area (Å²) in [5.41, 5.74) is 0.582. The number of unbranched alkanes of at least 4 members (excludes halogenated alkanes) is 3. The van der Waals surface area contributed by atoms with Crippen LogP contribution in [0.1, 0.15) is 72.6 Å². The van der Waals surface area contributed by atoms with E-state index in [9.17, 15) is 0 Å². The zero-order valence-corrected chi connectivity index (χ0v) is 17.6. The Labute approximate surface area is 148 Å². The van der Waals surface area contributed by atoms with Crippen LogP contribution in [-0.4, -0.2) is 48.1 Å². The third-order valence-electron chi connectivity index (χ3n) is 5.06. The number of hydrogen-bond donors (Lipinski definition) is 1. The quantitative estimate of drug-likeness (QED) is 0.341. The van der Waals surface area contributed by atoms with Crippen LogP contribution in [0.2, 0.25) is 0 Å². The maximum absolute atomic E-state index is 3.80. The molecule has 1 aliphatic heterocycles. The van der Waals surface area contributed by atoms with Crippen molar-refractivity contribution in [3.8, 4) is 0 Å². The average molecular weight is 376 g/mol. The molecule has 0 spiro atoms. The molecule has 0 aromatic heterocycles. The highest BCUT2D eigenvalue weighted by atomic mass is 79.9. The molecule has 1 saturated heterocycles. The van der Waals surface area contributed by atoms with Crippen LogP contribution < -0.4 is 5.32 Å². The molecule has 3 heteroatoms. The van der Waals surface area contributed by atoms with Crippen LogP contribution in [0.4, 0.5) is 0 Å². The largest absolute Gasteiger partial charge is 0.328 e. The third-order valence-corrected chi connectivity index (χ3v) is 5.63. The molecule has 1 aliphatic rings. The van der Waals surface area contributed by atoms with E-state index in [-0.39, 0.29) is 0 Å². The number of piperidine rings is 1. The Balaban J connectivity index is 2.34. The molecule has 0 aliphatic carbocycles. The first-order valence-electron chi connectivity index (χ1n) is 9.23. The summed E-state index contributed by atoms with van der Waals surface area (Å²) >= 11 is 3.52. The van der Waals surface area contributed by atoms with Crippen molar-refractivity contribution in [3.05, 3.63) is 0 Å². The van der Waals surface area contributed by atoms with Crippen LogP contribution >= 0.6 is 15.9 Å². The van der Waals surface area contributed by atoms with Crippen molar-refractivity contribution in [2.75, 3.05) is 32.5 Å². The van der Waals surface area contributed by atoms with Gasteiger partial charge in [-0.1, -0.05) is 22.4 Å². The molecule has 0 unspecified atom stereocenters. The highest BCUT2D eigenvalue weighted by Gasteiger charge is 2.37. The summed E-state index contributed by atoms with van der Waals surface area (Å²) in [6, 6.07) is 0. The Hall–Kier alpha value is 0.400. The molecule has 1 heterocycles. The van der Waals surface area contributed by atoms with Gasteiger partial charge in [0.1, 0.15) is 0 Å². The molecule has 0 aromatic rings. The van der Waals surface area contributed by atoms with Crippen molar-refractivity contribution in [2.45, 2.75) is 83.7 Å². The lowest BCUT2D eigenvalue weighted by Gasteiger charge is -2.47. The minimum absolute atomic E-state index is 0.291. The van der Waals surface area contributed by atoms with Crippen LogP contribution in [-0.2, 0) is 0 Å². The molecule has 0 amide bonds. The maximum atomic E-state index is 3.80. The van der Waals surface area contributed by atoms with Gasteiger partial charge in [0.05, 0.1) is 27.2 Å². The Morgan fingerprint density at radius 2 is 1.45 bits per heavy atom. The van der Waals surface area contributed by atoms with E-state index in [1.807, 2.05) is 0 Å². The monoisotopic (exact) mass is 375 g/mol. The lowest BCUT2D eigenvalue weighted by Crippen LogP contribution is -2.58. The van der Waals surface area contributed by atoms with Crippen LogP contribution in [0.5, 0.6) is 0 Å². The van der Waals surface area contributed by atoms with Gasteiger partial charge in [0.2, 0.25) is 0 Å². The van der Waals surface area contributed by atoms with Crippen molar-refractivity contribution in [3.63, 3.8) is 0 Å². The standard InChI is InChI=1S/C19H40BrN2/c1-18(2)15-17(16-19(3,4)21-18)11-14-22(5,6)13-10-8-7-9-12-20/h17,21H,7-16H2,1-6H3/q+1. The first kappa shape index (κ1) is 20.4. The smallest absolute Gasteiger partial charge is 0.0785 e. The summed E-state index contributed by atoms with van der Waals surface area (Å²) in [5, 5.41) is 4.96. The molecule has 0 bridgehead atoms. The van der Waals surface area contributed by atoms with E-state index in [0.29, 0.717) is 11.1 Å². The molecule has 0 radical (unpaired) electrons. The van der Waals surface area contributed by atoms with Crippen LogP contribution in [0.3, 0.4) is 0 Å². The second kappa shape index (κ2) is 8.48. The second-order valence-electron chi connectivity index (χ2n) is 9.44. The predicted octanol–water partition coefficient (Wildman–Crippen LogP) is 4.97. The fourth-order valence-corrected chi connectivity index (χ4v) is 4.77. The van der Waals surface area contributed by atoms with Gasteiger partial charge in [0, 0.05) is 16.4 Å². The first-order chi connectivity index (χ1) is 10.1. The van der Waals surface area contributed by atoms with E-state index in [2.05, 4.69) is 63.0 Å². The topological polar surface area (TPSA) is 12.0 Å². The van der Waals surface area contributed by atoms with Gasteiger partial charge in [-0.25, -0.2) is 0 Å². The van der Waals surface area contributed by atoms with Crippen LogP contribution in [0.25, 0.3) is 0 Å². The van der Waals surface area contributed by atoms with E-state index < -0.39 is 0 Å². The summed E-state index contributed by atoms with van der Waals surface area (Å²) in [5.74, 6) is 0.872. The number of alkyl halides is 1. The van der Waals surface area contributed by atoms with Gasteiger partial charge in [-0.3, -0.25) is 0 Å². The van der Waals surface area contributed by atoms with E-state index in [4.69, 9.17) is 0 Å². The SMILES string of the molecule is CC1(C)CC(CC[N+](C)(C)CCCCCCBr)CC(C)(C)N1. The molecule has 1 rings (SSSR count). The van der Waals surface area contributed by atoms with Crippen LogP contribution in [0, 0.1) is 5.92 Å². The van der Waals surface area contributed by atoms with Crippen molar-refractivity contribution in [2.24, 2.45) is 5.92 Å². The van der Waals surface area contributed by atoms with Crippen molar-refractivity contribution in [1.82, 2.24) is 5.32 Å². The van der Waals surface area contributed by atoms with Gasteiger partial charge >= 0.3 is 0 Å². The summed E-state index contributed by atoms with van der Waals surface area (Å²) in [6.45, 7) is 12.1. The molecular weight excluding hydrogens is 336 g/mol. The second-order valence-corrected chi connectivity index (χ2v) is 10.2. The number of nitrogens with one attached hydrogen (secondary N) is 1. The Morgan fingerprint density at radius 3 is 2.00 bits per heavy atom. The van der Waals surface area contributed by atoms with E-state index in [1.54, 1.807) is 0 Å². The van der Waals surface area contributed by atoms with E-state index >= 15 is 0 Å². The third kappa shape index (κ3) is 8.31. The number of nitrogens with zero attached hydrogens (tertiary/aromatic N) is 1. The molecule has 0 saturated carbocycles. The fraction of sp³-hybridized carbons (Fsp3) is 1.00. The lowest BCUT2D eigenvalue weighted by atomic mass is 9.74. The zero-order chi connectivity index (χ0) is 16.9. The summed E-state index contributed by atoms with van der Waals surface area (Å²) in [6.07, 6.45) is 9.49. The van der Waals surface area contributed by atoms with Crippen LogP contribution in [0.15, 0.2) is 0 Å². The van der Waals surface area contributed by atoms with Gasteiger partial charge in [-0.2, -0.15) is 0 Å². The summed E-state index contributed by atoms with van der Waals surface area (Å²) < 4.78 is 1.19. The van der Waals surface area contributed by atoms with Crippen molar-refractivity contribution in [1.29, 1.82) is 0 Å². The first-order valence-corrected chi connectivity index (χ1v) is 10.3. The molecule has 22 heavy (non-hydrogen) atoms. The molecule has 132 valence electrons. The normalized spacial score (nSPS) is 22.0. The molecule has 0 aromatic carbocycles. The van der Waals surface area contributed by atoms with Gasteiger partial charge in [-0.15, -0.1) is 0 Å². The molecular formula is C19H40BrN2+. The predicted molar refractivity (Wildman–Crippen MR) is 103 cm³/mol. The highest BCUT2D eigenvalue weighted by Crippen LogP contribution is 2.34. The van der Waals surface area contributed by atoms with E-state index in [1.165, 1.54) is 62.5 Å². The average Bonchev–Trinajstić information content (AvgIpc) is 2.32. The molecule has 2 nitrogen and oxygen atoms in total. The molecule has 1 N–H and O–H groups in total. The van der Waals surface area contributed by atoms with Crippen molar-refractivity contribution >= 4 is 15.9 Å². The molecule has 1 fully saturated rings. The van der Waals surface area contributed by atoms with Gasteiger partial charge in [-0.05, 0) is 72.1 Å². The lowest BCUT2D eigenvalue weighted by molar-refractivity contribution is -0.891. The number of halogens is 1. The van der Waals surface area contributed by atoms with Crippen molar-refractivity contribution < 1.29 is 4.48 Å². The number of rotatable bonds is 9.